The largest absolute Gasteiger partial charge is 0.550 e. The van der Waals surface area contributed by atoms with E-state index in [9.17, 15) is 9.90 Å². The zero-order valence-corrected chi connectivity index (χ0v) is 24.3. The number of hydrogen-bond acceptors (Lipinski definition) is 5. The smallest absolute Gasteiger partial charge is 0.242 e. The third kappa shape index (κ3) is 8.31. The van der Waals surface area contributed by atoms with Crippen molar-refractivity contribution in [3.05, 3.63) is 17.7 Å². The molecule has 0 spiro atoms. The highest BCUT2D eigenvalue weighted by Gasteiger charge is 2.36. The first kappa shape index (κ1) is 26.0. The molecule has 1 aromatic rings. The van der Waals surface area contributed by atoms with E-state index in [0.717, 1.165) is 0 Å². The van der Waals surface area contributed by atoms with E-state index in [1.807, 2.05) is 31.8 Å². The Hall–Kier alpha value is -1.04. The summed E-state index contributed by atoms with van der Waals surface area (Å²) >= 11 is 0. The van der Waals surface area contributed by atoms with Gasteiger partial charge in [0.15, 0.2) is 11.5 Å². The van der Waals surface area contributed by atoms with Gasteiger partial charge in [-0.15, -0.1) is 0 Å². The summed E-state index contributed by atoms with van der Waals surface area (Å²) < 4.78 is 19.3. The minimum absolute atomic E-state index is 0.541. The summed E-state index contributed by atoms with van der Waals surface area (Å²) in [5, 5.41) is 12.2. The average molecular weight is 472 g/mol. The van der Waals surface area contributed by atoms with Gasteiger partial charge < -0.3 is 23.2 Å². The number of carboxylic acids is 1. The van der Waals surface area contributed by atoms with Crippen molar-refractivity contribution in [3.8, 4) is 17.2 Å². The molecule has 0 aliphatic rings. The number of aliphatic carboxylic acids is 1. The quantitative estimate of drug-likeness (QED) is 0.472. The summed E-state index contributed by atoms with van der Waals surface area (Å²) in [5.41, 5.74) is -0.0402. The van der Waals surface area contributed by atoms with Crippen LogP contribution in [0.5, 0.6) is 17.2 Å². The molecule has 0 aliphatic heterocycles. The maximum Gasteiger partial charge on any atom is 0.242 e. The lowest BCUT2D eigenvalue weighted by molar-refractivity contribution is -0.305. The van der Waals surface area contributed by atoms with Crippen molar-refractivity contribution >= 4 is 39.0 Å². The van der Waals surface area contributed by atoms with Gasteiger partial charge >= 0.3 is 0 Å². The van der Waals surface area contributed by atoms with Crippen molar-refractivity contribution in [2.45, 2.75) is 84.1 Å². The fourth-order valence-corrected chi connectivity index (χ4v) is 7.28. The average Bonchev–Trinajstić information content (AvgIpc) is 2.38. The highest BCUT2D eigenvalue weighted by atomic mass is 28.4. The first-order valence-corrected chi connectivity index (χ1v) is 24.0. The molecule has 0 N–H and O–H groups in total. The molecule has 0 bridgehead atoms. The van der Waals surface area contributed by atoms with E-state index in [-0.39, 0.29) is 0 Å². The van der Waals surface area contributed by atoms with Crippen LogP contribution in [0.4, 0.5) is 0 Å². The Labute approximate surface area is 181 Å². The van der Waals surface area contributed by atoms with Crippen LogP contribution in [-0.4, -0.2) is 39.0 Å². The predicted molar refractivity (Wildman–Crippen MR) is 129 cm³/mol. The predicted octanol–water partition coefficient (Wildman–Crippen LogP) is 5.04. The molecule has 29 heavy (non-hydrogen) atoms. The van der Waals surface area contributed by atoms with Crippen molar-refractivity contribution in [2.24, 2.45) is 0 Å². The molecule has 0 saturated heterocycles. The van der Waals surface area contributed by atoms with E-state index < -0.39 is 44.5 Å². The van der Waals surface area contributed by atoms with E-state index in [1.54, 1.807) is 0 Å². The molecule has 0 fully saturated rings. The van der Waals surface area contributed by atoms with Gasteiger partial charge in [0, 0.05) is 17.1 Å². The van der Waals surface area contributed by atoms with Gasteiger partial charge in [-0.25, -0.2) is 0 Å². The molecular weight excluding hydrogens is 433 g/mol. The molecule has 1 unspecified atom stereocenters. The van der Waals surface area contributed by atoms with Gasteiger partial charge in [-0.3, -0.25) is 0 Å². The maximum absolute atomic E-state index is 12.2. The standard InChI is InChI=1S/C20H40O5Si4/c1-26(2,3)19(20(21)22)15-13-14-16(23-27(4,5)6)18(25-29(10,11)12)17(15)24-28(7,8)9/h13-14,19H,1-12H3,(H,21,22)/p-1. The number of rotatable bonds is 9. The molecule has 0 amide bonds. The molecule has 0 heterocycles. The Morgan fingerprint density at radius 1 is 0.724 bits per heavy atom. The van der Waals surface area contributed by atoms with E-state index in [0.29, 0.717) is 22.8 Å². The van der Waals surface area contributed by atoms with E-state index in [1.165, 1.54) is 0 Å². The van der Waals surface area contributed by atoms with Crippen molar-refractivity contribution in [2.75, 3.05) is 0 Å². The Bertz CT molecular complexity index is 737. The highest BCUT2D eigenvalue weighted by Crippen LogP contribution is 2.47. The molecule has 1 atom stereocenters. The number of benzene rings is 1. The summed E-state index contributed by atoms with van der Waals surface area (Å²) in [6, 6.07) is 3.71. The van der Waals surface area contributed by atoms with Crippen molar-refractivity contribution in [1.29, 1.82) is 0 Å². The molecule has 0 aromatic heterocycles. The minimum Gasteiger partial charge on any atom is -0.550 e. The second-order valence-electron chi connectivity index (χ2n) is 11.6. The fraction of sp³-hybridized carbons (Fsp3) is 0.650. The van der Waals surface area contributed by atoms with Gasteiger partial charge in [0.05, 0.1) is 8.07 Å². The molecule has 166 valence electrons. The lowest BCUT2D eigenvalue weighted by Gasteiger charge is -2.36. The number of carbonyl (C=O) groups excluding carboxylic acids is 1. The van der Waals surface area contributed by atoms with Gasteiger partial charge in [-0.05, 0) is 65.0 Å². The third-order valence-corrected chi connectivity index (χ3v) is 8.50. The SMILES string of the molecule is C[Si](C)(C)Oc1ccc(C(C(=O)[O-])[Si](C)(C)C)c(O[Si](C)(C)C)c1O[Si](C)(C)C. The van der Waals surface area contributed by atoms with Crippen LogP contribution >= 0.6 is 0 Å². The lowest BCUT2D eigenvalue weighted by atomic mass is 10.1. The minimum atomic E-state index is -2.15. The summed E-state index contributed by atoms with van der Waals surface area (Å²) in [4.78, 5) is 12.2. The molecule has 0 aliphatic carbocycles. The van der Waals surface area contributed by atoms with E-state index >= 15 is 0 Å². The normalized spacial score (nSPS) is 14.3. The zero-order valence-electron chi connectivity index (χ0n) is 20.3. The molecule has 0 radical (unpaired) electrons. The van der Waals surface area contributed by atoms with Crippen molar-refractivity contribution in [1.82, 2.24) is 0 Å². The first-order valence-electron chi connectivity index (χ1n) is 10.2. The van der Waals surface area contributed by atoms with Crippen molar-refractivity contribution < 1.29 is 23.2 Å². The molecule has 0 saturated carbocycles. The summed E-state index contributed by atoms with van der Waals surface area (Å²) in [6.07, 6.45) is 0. The number of carboxylic acid groups (broad SMARTS) is 1. The Kier molecular flexibility index (Phi) is 7.71. The van der Waals surface area contributed by atoms with Crippen molar-refractivity contribution in [3.63, 3.8) is 0 Å². The second-order valence-corrected chi connectivity index (χ2v) is 30.2. The zero-order chi connectivity index (χ0) is 23.0. The number of carbonyl (C=O) groups is 1. The van der Waals surface area contributed by atoms with Crippen LogP contribution in [0.2, 0.25) is 78.6 Å². The van der Waals surface area contributed by atoms with E-state index in [2.05, 4.69) is 58.9 Å². The maximum atomic E-state index is 12.2. The summed E-state index contributed by atoms with van der Waals surface area (Å²) in [6.45, 7) is 25.0. The Morgan fingerprint density at radius 2 is 1.14 bits per heavy atom. The number of hydrogen-bond donors (Lipinski definition) is 0. The first-order chi connectivity index (χ1) is 12.7. The van der Waals surface area contributed by atoms with Crippen LogP contribution in [0.15, 0.2) is 12.1 Å². The molecule has 1 rings (SSSR count). The fourth-order valence-electron chi connectivity index (χ4n) is 2.96. The van der Waals surface area contributed by atoms with Crippen LogP contribution < -0.4 is 18.4 Å². The van der Waals surface area contributed by atoms with Gasteiger partial charge in [0.25, 0.3) is 0 Å². The van der Waals surface area contributed by atoms with E-state index in [4.69, 9.17) is 13.3 Å². The molecular formula is C20H39O5Si4-. The molecule has 5 nitrogen and oxygen atoms in total. The Morgan fingerprint density at radius 3 is 1.48 bits per heavy atom. The van der Waals surface area contributed by atoms with Crippen LogP contribution in [0.1, 0.15) is 11.1 Å². The highest BCUT2D eigenvalue weighted by molar-refractivity contribution is 6.80. The monoisotopic (exact) mass is 471 g/mol. The van der Waals surface area contributed by atoms with Crippen LogP contribution in [0.3, 0.4) is 0 Å². The van der Waals surface area contributed by atoms with Gasteiger partial charge in [0.2, 0.25) is 25.0 Å². The van der Waals surface area contributed by atoms with Gasteiger partial charge in [0.1, 0.15) is 5.75 Å². The third-order valence-electron chi connectivity index (χ3n) is 3.75. The summed E-state index contributed by atoms with van der Waals surface area (Å²) in [7, 11) is -8.15. The van der Waals surface area contributed by atoms with Crippen LogP contribution in [-0.2, 0) is 4.79 Å². The summed E-state index contributed by atoms with van der Waals surface area (Å²) in [5.74, 6) is 0.702. The van der Waals surface area contributed by atoms with Gasteiger partial charge in [-0.1, -0.05) is 25.7 Å². The molecule has 1 aromatic carbocycles. The second kappa shape index (κ2) is 8.60. The van der Waals surface area contributed by atoms with Crippen LogP contribution in [0.25, 0.3) is 0 Å². The molecule has 9 heteroatoms. The Balaban J connectivity index is 3.90. The lowest BCUT2D eigenvalue weighted by Crippen LogP contribution is -2.44. The van der Waals surface area contributed by atoms with Gasteiger partial charge in [-0.2, -0.15) is 0 Å². The topological polar surface area (TPSA) is 67.8 Å². The van der Waals surface area contributed by atoms with Crippen LogP contribution in [0, 0.1) is 0 Å².